The molecule has 1 aliphatic rings. The molecule has 1 aliphatic heterocycles. The van der Waals surface area contributed by atoms with Gasteiger partial charge in [0.25, 0.3) is 5.91 Å². The molecule has 130 valence electrons. The maximum atomic E-state index is 12.5. The molecule has 0 fully saturated rings. The molecule has 1 amide bonds. The third-order valence-electron chi connectivity index (χ3n) is 4.54. The molecule has 0 aromatic heterocycles. The number of methoxy groups -OCH3 is 1. The summed E-state index contributed by atoms with van der Waals surface area (Å²) in [5, 5.41) is 0. The number of hydrogen-bond acceptors (Lipinski definition) is 4. The largest absolute Gasteiger partial charge is 0.484 e. The minimum Gasteiger partial charge on any atom is -0.484 e. The van der Waals surface area contributed by atoms with Gasteiger partial charge in [0.2, 0.25) is 0 Å². The van der Waals surface area contributed by atoms with Crippen molar-refractivity contribution < 1.29 is 19.1 Å². The maximum Gasteiger partial charge on any atom is 0.337 e. The van der Waals surface area contributed by atoms with Crippen LogP contribution in [0.2, 0.25) is 0 Å². The summed E-state index contributed by atoms with van der Waals surface area (Å²) in [5.41, 5.74) is 4.63. The number of rotatable bonds is 4. The molecule has 0 saturated heterocycles. The van der Waals surface area contributed by atoms with Crippen molar-refractivity contribution >= 4 is 17.6 Å². The lowest BCUT2D eigenvalue weighted by Gasteiger charge is -2.18. The van der Waals surface area contributed by atoms with Gasteiger partial charge in [-0.1, -0.05) is 6.07 Å². The van der Waals surface area contributed by atoms with Crippen molar-refractivity contribution in [2.75, 3.05) is 25.2 Å². The van der Waals surface area contributed by atoms with Gasteiger partial charge in [0.05, 0.1) is 12.7 Å². The van der Waals surface area contributed by atoms with Gasteiger partial charge in [0.15, 0.2) is 6.61 Å². The van der Waals surface area contributed by atoms with Crippen molar-refractivity contribution in [2.45, 2.75) is 20.3 Å². The molecular formula is C20H21NO4. The minimum atomic E-state index is -0.370. The Balaban J connectivity index is 1.68. The highest BCUT2D eigenvalue weighted by atomic mass is 16.5. The molecule has 0 bridgehead atoms. The van der Waals surface area contributed by atoms with Gasteiger partial charge in [-0.05, 0) is 67.3 Å². The topological polar surface area (TPSA) is 55.8 Å². The fourth-order valence-corrected chi connectivity index (χ4v) is 2.93. The zero-order chi connectivity index (χ0) is 18.0. The van der Waals surface area contributed by atoms with E-state index in [9.17, 15) is 9.59 Å². The lowest BCUT2D eigenvalue weighted by molar-refractivity contribution is -0.120. The lowest BCUT2D eigenvalue weighted by Crippen LogP contribution is -2.33. The van der Waals surface area contributed by atoms with Gasteiger partial charge in [-0.25, -0.2) is 4.79 Å². The standard InChI is InChI=1S/C20H21NO4/c1-13-4-6-17(10-14(13)2)25-12-19(22)21-9-8-15-11-16(20(23)24-3)5-7-18(15)21/h4-7,10-11H,8-9,12H2,1-3H3. The van der Waals surface area contributed by atoms with Crippen molar-refractivity contribution in [1.29, 1.82) is 0 Å². The summed E-state index contributed by atoms with van der Waals surface area (Å²) >= 11 is 0. The molecule has 0 saturated carbocycles. The smallest absolute Gasteiger partial charge is 0.337 e. The second-order valence-corrected chi connectivity index (χ2v) is 6.17. The van der Waals surface area contributed by atoms with Crippen LogP contribution in [-0.4, -0.2) is 32.1 Å². The summed E-state index contributed by atoms with van der Waals surface area (Å²) < 4.78 is 10.4. The zero-order valence-electron chi connectivity index (χ0n) is 14.7. The SMILES string of the molecule is COC(=O)c1ccc2c(c1)CCN2C(=O)COc1ccc(C)c(C)c1. The number of amides is 1. The molecule has 2 aromatic carbocycles. The number of hydrogen-bond donors (Lipinski definition) is 0. The van der Waals surface area contributed by atoms with Gasteiger partial charge in [0.1, 0.15) is 5.75 Å². The van der Waals surface area contributed by atoms with Crippen LogP contribution >= 0.6 is 0 Å². The predicted molar refractivity (Wildman–Crippen MR) is 95.2 cm³/mol. The Morgan fingerprint density at radius 1 is 1.08 bits per heavy atom. The van der Waals surface area contributed by atoms with E-state index in [4.69, 9.17) is 9.47 Å². The van der Waals surface area contributed by atoms with Crippen LogP contribution in [-0.2, 0) is 16.0 Å². The molecule has 0 radical (unpaired) electrons. The quantitative estimate of drug-likeness (QED) is 0.804. The molecule has 0 unspecified atom stereocenters. The summed E-state index contributed by atoms with van der Waals surface area (Å²) in [7, 11) is 1.36. The van der Waals surface area contributed by atoms with Crippen molar-refractivity contribution in [3.05, 3.63) is 58.7 Å². The minimum absolute atomic E-state index is 0.0132. The van der Waals surface area contributed by atoms with Gasteiger partial charge in [-0.2, -0.15) is 0 Å². The van der Waals surface area contributed by atoms with Gasteiger partial charge >= 0.3 is 5.97 Å². The Labute approximate surface area is 147 Å². The van der Waals surface area contributed by atoms with E-state index in [1.807, 2.05) is 32.0 Å². The first-order valence-electron chi connectivity index (χ1n) is 8.21. The van der Waals surface area contributed by atoms with E-state index >= 15 is 0 Å². The number of esters is 1. The highest BCUT2D eigenvalue weighted by molar-refractivity contribution is 5.98. The van der Waals surface area contributed by atoms with Gasteiger partial charge in [0, 0.05) is 12.2 Å². The van der Waals surface area contributed by atoms with Gasteiger partial charge in [-0.15, -0.1) is 0 Å². The highest BCUT2D eigenvalue weighted by Gasteiger charge is 2.26. The summed E-state index contributed by atoms with van der Waals surface area (Å²) in [5.74, 6) is 0.227. The number of aryl methyl sites for hydroxylation is 2. The van der Waals surface area contributed by atoms with E-state index in [-0.39, 0.29) is 18.5 Å². The third-order valence-corrected chi connectivity index (χ3v) is 4.54. The van der Waals surface area contributed by atoms with E-state index < -0.39 is 0 Å². The number of anilines is 1. The van der Waals surface area contributed by atoms with E-state index in [2.05, 4.69) is 0 Å². The number of carbonyl (C=O) groups is 2. The molecule has 0 spiro atoms. The molecule has 25 heavy (non-hydrogen) atoms. The first-order chi connectivity index (χ1) is 12.0. The molecule has 0 aliphatic carbocycles. The number of nitrogens with zero attached hydrogens (tertiary/aromatic N) is 1. The molecule has 5 heteroatoms. The van der Waals surface area contributed by atoms with Crippen LogP contribution in [0.4, 0.5) is 5.69 Å². The Kier molecular flexibility index (Phi) is 4.74. The molecule has 1 heterocycles. The second kappa shape index (κ2) is 6.97. The van der Waals surface area contributed by atoms with Gasteiger partial charge in [-0.3, -0.25) is 4.79 Å². The fraction of sp³-hybridized carbons (Fsp3) is 0.300. The summed E-state index contributed by atoms with van der Waals surface area (Å²) in [6.45, 7) is 4.63. The summed E-state index contributed by atoms with van der Waals surface area (Å²) in [4.78, 5) is 25.8. The van der Waals surface area contributed by atoms with E-state index in [0.29, 0.717) is 17.9 Å². The van der Waals surface area contributed by atoms with Crippen LogP contribution in [0.1, 0.15) is 27.0 Å². The van der Waals surface area contributed by atoms with E-state index in [1.165, 1.54) is 12.7 Å². The number of carbonyl (C=O) groups excluding carboxylic acids is 2. The molecule has 0 atom stereocenters. The van der Waals surface area contributed by atoms with Crippen LogP contribution < -0.4 is 9.64 Å². The number of fused-ring (bicyclic) bond motifs is 1. The first kappa shape index (κ1) is 17.0. The molecule has 0 N–H and O–H groups in total. The Morgan fingerprint density at radius 2 is 1.88 bits per heavy atom. The monoisotopic (exact) mass is 339 g/mol. The van der Waals surface area contributed by atoms with Crippen LogP contribution in [0.25, 0.3) is 0 Å². The molecular weight excluding hydrogens is 318 g/mol. The maximum absolute atomic E-state index is 12.5. The van der Waals surface area contributed by atoms with Crippen LogP contribution in [0.15, 0.2) is 36.4 Å². The van der Waals surface area contributed by atoms with E-state index in [0.717, 1.165) is 23.2 Å². The molecule has 3 rings (SSSR count). The highest BCUT2D eigenvalue weighted by Crippen LogP contribution is 2.29. The third kappa shape index (κ3) is 3.50. The normalized spacial score (nSPS) is 12.7. The van der Waals surface area contributed by atoms with Gasteiger partial charge < -0.3 is 14.4 Å². The Bertz CT molecular complexity index is 828. The van der Waals surface area contributed by atoms with Crippen molar-refractivity contribution in [1.82, 2.24) is 0 Å². The van der Waals surface area contributed by atoms with E-state index in [1.54, 1.807) is 23.1 Å². The Morgan fingerprint density at radius 3 is 2.60 bits per heavy atom. The zero-order valence-corrected chi connectivity index (χ0v) is 14.7. The fourth-order valence-electron chi connectivity index (χ4n) is 2.93. The predicted octanol–water partition coefficient (Wildman–Crippen LogP) is 3.06. The average molecular weight is 339 g/mol. The van der Waals surface area contributed by atoms with Crippen molar-refractivity contribution in [3.8, 4) is 5.75 Å². The Hall–Kier alpha value is -2.82. The van der Waals surface area contributed by atoms with Crippen LogP contribution in [0.3, 0.4) is 0 Å². The second-order valence-electron chi connectivity index (χ2n) is 6.17. The van der Waals surface area contributed by atoms with Crippen LogP contribution in [0, 0.1) is 13.8 Å². The molecule has 5 nitrogen and oxygen atoms in total. The average Bonchev–Trinajstić information content (AvgIpc) is 3.05. The van der Waals surface area contributed by atoms with Crippen molar-refractivity contribution in [2.24, 2.45) is 0 Å². The van der Waals surface area contributed by atoms with Crippen LogP contribution in [0.5, 0.6) is 5.75 Å². The summed E-state index contributed by atoms with van der Waals surface area (Å²) in [6.07, 6.45) is 0.718. The lowest BCUT2D eigenvalue weighted by atomic mass is 10.1. The van der Waals surface area contributed by atoms with Crippen molar-refractivity contribution in [3.63, 3.8) is 0 Å². The number of benzene rings is 2. The summed E-state index contributed by atoms with van der Waals surface area (Å²) in [6, 6.07) is 11.1. The molecule has 2 aromatic rings. The first-order valence-corrected chi connectivity index (χ1v) is 8.21. The number of ether oxygens (including phenoxy) is 2.